The van der Waals surface area contributed by atoms with Crippen molar-refractivity contribution in [2.24, 2.45) is 0 Å². The molecule has 8 heteroatoms. The maximum atomic E-state index is 13.8. The molecule has 192 valence electrons. The van der Waals surface area contributed by atoms with Gasteiger partial charge in [-0.25, -0.2) is 4.98 Å². The van der Waals surface area contributed by atoms with Gasteiger partial charge in [0.1, 0.15) is 0 Å². The lowest BCUT2D eigenvalue weighted by atomic mass is 10.0. The molecule has 3 aromatic heterocycles. The number of rotatable bonds is 6. The fourth-order valence-electron chi connectivity index (χ4n) is 4.23. The van der Waals surface area contributed by atoms with E-state index in [1.165, 1.54) is 11.3 Å². The van der Waals surface area contributed by atoms with Crippen LogP contribution in [-0.4, -0.2) is 26.3 Å². The molecule has 0 saturated heterocycles. The van der Waals surface area contributed by atoms with Gasteiger partial charge in [-0.2, -0.15) is 0 Å². The maximum Gasteiger partial charge on any atom is 0.257 e. The molecular weight excluding hydrogens is 494 g/mol. The lowest BCUT2D eigenvalue weighted by molar-refractivity contribution is 0.0943. The van der Waals surface area contributed by atoms with E-state index in [2.05, 4.69) is 36.4 Å². The van der Waals surface area contributed by atoms with E-state index in [1.807, 2.05) is 78.4 Å². The molecule has 0 aliphatic rings. The van der Waals surface area contributed by atoms with Gasteiger partial charge in [-0.15, -0.1) is 0 Å². The number of fused-ring (bicyclic) bond motifs is 1. The summed E-state index contributed by atoms with van der Waals surface area (Å²) in [7, 11) is 0. The van der Waals surface area contributed by atoms with Gasteiger partial charge in [0.25, 0.3) is 11.8 Å². The van der Waals surface area contributed by atoms with Crippen LogP contribution < -0.4 is 10.6 Å². The second-order valence-corrected chi connectivity index (χ2v) is 11.1. The highest BCUT2D eigenvalue weighted by atomic mass is 32.1. The first-order chi connectivity index (χ1) is 18.2. The second kappa shape index (κ2) is 10.2. The van der Waals surface area contributed by atoms with Crippen molar-refractivity contribution < 1.29 is 9.59 Å². The van der Waals surface area contributed by atoms with E-state index in [1.54, 1.807) is 18.3 Å². The molecule has 0 fully saturated rings. The number of anilines is 1. The Morgan fingerprint density at radius 3 is 2.29 bits per heavy atom. The molecule has 38 heavy (non-hydrogen) atoms. The predicted molar refractivity (Wildman–Crippen MR) is 152 cm³/mol. The van der Waals surface area contributed by atoms with Crippen LogP contribution in [0.5, 0.6) is 0 Å². The summed E-state index contributed by atoms with van der Waals surface area (Å²) in [6.45, 7) is 8.14. The Morgan fingerprint density at radius 2 is 1.63 bits per heavy atom. The molecular formula is C30H29N5O2S. The first-order valence-corrected chi connectivity index (χ1v) is 13.2. The van der Waals surface area contributed by atoms with E-state index >= 15 is 0 Å². The quantitative estimate of drug-likeness (QED) is 0.272. The fourth-order valence-corrected chi connectivity index (χ4v) is 5.19. The Kier molecular flexibility index (Phi) is 6.82. The minimum atomic E-state index is -0.424. The lowest BCUT2D eigenvalue weighted by Crippen LogP contribution is -2.30. The molecule has 2 N–H and O–H groups in total. The van der Waals surface area contributed by atoms with Crippen molar-refractivity contribution in [3.8, 4) is 0 Å². The zero-order valence-electron chi connectivity index (χ0n) is 21.7. The van der Waals surface area contributed by atoms with Crippen LogP contribution in [-0.2, 0) is 5.54 Å². The van der Waals surface area contributed by atoms with Crippen molar-refractivity contribution in [2.45, 2.75) is 39.3 Å². The van der Waals surface area contributed by atoms with Gasteiger partial charge in [0, 0.05) is 23.5 Å². The summed E-state index contributed by atoms with van der Waals surface area (Å²) in [6.07, 6.45) is 3.56. The highest BCUT2D eigenvalue weighted by molar-refractivity contribution is 7.22. The molecule has 7 nitrogen and oxygen atoms in total. The third kappa shape index (κ3) is 5.21. The van der Waals surface area contributed by atoms with Crippen LogP contribution in [0.1, 0.15) is 64.3 Å². The van der Waals surface area contributed by atoms with Crippen LogP contribution in [0, 0.1) is 6.92 Å². The molecule has 5 rings (SSSR count). The minimum Gasteiger partial charge on any atom is -0.339 e. The van der Waals surface area contributed by atoms with Gasteiger partial charge in [0.05, 0.1) is 22.0 Å². The van der Waals surface area contributed by atoms with E-state index in [0.29, 0.717) is 26.6 Å². The number of nitrogens with zero attached hydrogens (tertiary/aromatic N) is 3. The van der Waals surface area contributed by atoms with Crippen LogP contribution in [0.15, 0.2) is 85.2 Å². The van der Waals surface area contributed by atoms with Gasteiger partial charge in [0.2, 0.25) is 0 Å². The first-order valence-electron chi connectivity index (χ1n) is 12.4. The average molecular weight is 524 g/mol. The van der Waals surface area contributed by atoms with E-state index in [9.17, 15) is 9.59 Å². The number of carbonyl (C=O) groups is 2. The van der Waals surface area contributed by atoms with Crippen molar-refractivity contribution in [1.29, 1.82) is 0 Å². The van der Waals surface area contributed by atoms with E-state index in [4.69, 9.17) is 4.98 Å². The number of benzene rings is 2. The third-order valence-electron chi connectivity index (χ3n) is 6.23. The Balaban J connectivity index is 1.50. The Morgan fingerprint density at radius 1 is 0.921 bits per heavy atom. The predicted octanol–water partition coefficient (Wildman–Crippen LogP) is 6.33. The number of hydrogen-bond acceptors (Lipinski definition) is 5. The number of carbonyl (C=O) groups excluding carboxylic acids is 2. The normalized spacial score (nSPS) is 12.3. The first kappa shape index (κ1) is 25.4. The number of hydrogen-bond donors (Lipinski definition) is 2. The molecule has 3 heterocycles. The molecule has 1 atom stereocenters. The molecule has 2 aromatic carbocycles. The highest BCUT2D eigenvalue weighted by Crippen LogP contribution is 2.35. The van der Waals surface area contributed by atoms with Crippen LogP contribution in [0.25, 0.3) is 10.3 Å². The topological polar surface area (TPSA) is 88.9 Å². The summed E-state index contributed by atoms with van der Waals surface area (Å²) >= 11 is 1.29. The summed E-state index contributed by atoms with van der Waals surface area (Å²) < 4.78 is 2.69. The number of aryl methyl sites for hydroxylation is 1. The van der Waals surface area contributed by atoms with Crippen molar-refractivity contribution in [3.63, 3.8) is 0 Å². The summed E-state index contributed by atoms with van der Waals surface area (Å²) in [5.41, 5.74) is 4.13. The summed E-state index contributed by atoms with van der Waals surface area (Å²) in [6, 6.07) is 22.4. The molecule has 5 aromatic rings. The van der Waals surface area contributed by atoms with Gasteiger partial charge in [-0.3, -0.25) is 19.9 Å². The third-order valence-corrected chi connectivity index (χ3v) is 7.23. The van der Waals surface area contributed by atoms with Gasteiger partial charge in [-0.1, -0.05) is 65.4 Å². The van der Waals surface area contributed by atoms with Crippen molar-refractivity contribution in [2.75, 3.05) is 5.32 Å². The highest BCUT2D eigenvalue weighted by Gasteiger charge is 2.27. The van der Waals surface area contributed by atoms with Crippen molar-refractivity contribution >= 4 is 38.6 Å². The summed E-state index contributed by atoms with van der Waals surface area (Å²) in [5, 5.41) is 6.53. The van der Waals surface area contributed by atoms with E-state index in [-0.39, 0.29) is 17.4 Å². The molecule has 0 spiro atoms. The van der Waals surface area contributed by atoms with E-state index in [0.717, 1.165) is 16.8 Å². The lowest BCUT2D eigenvalue weighted by Gasteiger charge is -2.21. The molecule has 0 aliphatic carbocycles. The largest absolute Gasteiger partial charge is 0.339 e. The number of nitrogens with one attached hydrogen (secondary N) is 2. The zero-order valence-corrected chi connectivity index (χ0v) is 22.5. The number of pyridine rings is 1. The van der Waals surface area contributed by atoms with E-state index < -0.39 is 6.04 Å². The smallest absolute Gasteiger partial charge is 0.257 e. The molecule has 2 amide bonds. The number of aromatic nitrogens is 3. The Labute approximate surface area is 225 Å². The SMILES string of the molecule is Cc1ccc(C(=O)Nc2nc3c(s2)c(C(=O)NC(c2ccccc2)c2ccccn2)cn3C(C)(C)C)cc1. The zero-order chi connectivity index (χ0) is 26.9. The maximum absolute atomic E-state index is 13.8. The molecule has 0 saturated carbocycles. The summed E-state index contributed by atoms with van der Waals surface area (Å²) in [5.74, 6) is -0.480. The number of amides is 2. The standard InChI is InChI=1S/C30H29N5O2S/c1-19-13-15-21(16-14-19)27(36)34-29-33-26-25(38-29)22(18-35(26)30(2,3)4)28(37)32-24(20-10-6-5-7-11-20)23-12-8-9-17-31-23/h5-18,24H,1-4H3,(H,32,37)(H,33,34,36). The van der Waals surface area contributed by atoms with Crippen molar-refractivity contribution in [1.82, 2.24) is 19.9 Å². The Hall–Kier alpha value is -4.30. The molecule has 0 aliphatic heterocycles. The van der Waals surface area contributed by atoms with Gasteiger partial charge < -0.3 is 9.88 Å². The monoisotopic (exact) mass is 523 g/mol. The summed E-state index contributed by atoms with van der Waals surface area (Å²) in [4.78, 5) is 35.8. The van der Waals surface area contributed by atoms with Gasteiger partial charge in [0.15, 0.2) is 10.8 Å². The van der Waals surface area contributed by atoms with Gasteiger partial charge in [-0.05, 0) is 57.5 Å². The van der Waals surface area contributed by atoms with Crippen LogP contribution in [0.3, 0.4) is 0 Å². The van der Waals surface area contributed by atoms with Crippen LogP contribution in [0.2, 0.25) is 0 Å². The van der Waals surface area contributed by atoms with Gasteiger partial charge >= 0.3 is 0 Å². The number of thiazole rings is 1. The second-order valence-electron chi connectivity index (χ2n) is 10.1. The van der Waals surface area contributed by atoms with Crippen LogP contribution in [0.4, 0.5) is 5.13 Å². The average Bonchev–Trinajstić information content (AvgIpc) is 3.47. The van der Waals surface area contributed by atoms with Crippen molar-refractivity contribution in [3.05, 3.63) is 113 Å². The molecule has 1 unspecified atom stereocenters. The fraction of sp³-hybridized carbons (Fsp3) is 0.200. The Bertz CT molecular complexity index is 1540. The molecule has 0 radical (unpaired) electrons. The minimum absolute atomic E-state index is 0.238. The van der Waals surface area contributed by atoms with Crippen LogP contribution >= 0.6 is 11.3 Å². The molecule has 0 bridgehead atoms.